The molecule has 3 nitrogen and oxygen atoms in total. The van der Waals surface area contributed by atoms with Gasteiger partial charge < -0.3 is 0 Å². The first-order valence-electron chi connectivity index (χ1n) is 16.1. The van der Waals surface area contributed by atoms with E-state index in [1.165, 1.54) is 38.9 Å². The van der Waals surface area contributed by atoms with Crippen molar-refractivity contribution in [3.8, 4) is 39.6 Å². The van der Waals surface area contributed by atoms with E-state index in [9.17, 15) is 0 Å². The zero-order valence-electron chi connectivity index (χ0n) is 27.7. The fourth-order valence-electron chi connectivity index (χ4n) is 7.47. The summed E-state index contributed by atoms with van der Waals surface area (Å²) in [5.41, 5.74) is 10.5. The number of aromatic nitrogens is 3. The molecule has 4 aromatic carbocycles. The molecule has 224 valence electrons. The Morgan fingerprint density at radius 1 is 0.818 bits per heavy atom. The summed E-state index contributed by atoms with van der Waals surface area (Å²) in [6.07, 6.45) is 4.01. The van der Waals surface area contributed by atoms with Crippen molar-refractivity contribution in [3.05, 3.63) is 126 Å². The quantitative estimate of drug-likeness (QED) is 0.145. The van der Waals surface area contributed by atoms with Crippen LogP contribution >= 0.6 is 0 Å². The number of hydrogen-bond acceptors (Lipinski definition) is 1. The van der Waals surface area contributed by atoms with E-state index in [0.29, 0.717) is 0 Å². The maximum Gasteiger partial charge on any atom is 0.314 e. The van der Waals surface area contributed by atoms with E-state index >= 15 is 0 Å². The van der Waals surface area contributed by atoms with Crippen molar-refractivity contribution in [3.63, 3.8) is 0 Å². The van der Waals surface area contributed by atoms with Gasteiger partial charge in [-0.1, -0.05) is 125 Å². The topological polar surface area (TPSA) is 21.7 Å². The summed E-state index contributed by atoms with van der Waals surface area (Å²) in [6, 6.07) is 33.6. The van der Waals surface area contributed by atoms with E-state index in [-0.39, 0.29) is 10.8 Å². The normalized spacial score (nSPS) is 19.4. The first-order valence-corrected chi connectivity index (χ1v) is 16.1. The predicted octanol–water partition coefficient (Wildman–Crippen LogP) is 10.0. The van der Waals surface area contributed by atoms with E-state index in [2.05, 4.69) is 168 Å². The third kappa shape index (κ3) is 4.39. The minimum Gasteiger partial charge on any atom is -0.190 e. The molecule has 0 amide bonds. The lowest BCUT2D eigenvalue weighted by molar-refractivity contribution is -0.573. The lowest BCUT2D eigenvalue weighted by Crippen LogP contribution is -2.54. The van der Waals surface area contributed by atoms with Crippen LogP contribution in [-0.4, -0.2) is 9.78 Å². The largest absolute Gasteiger partial charge is 0.314 e. The Kier molecular flexibility index (Phi) is 7.27. The average molecular weight is 581 g/mol. The molecule has 6 rings (SSSR count). The highest BCUT2D eigenvalue weighted by molar-refractivity contribution is 5.75. The van der Waals surface area contributed by atoms with Crippen molar-refractivity contribution >= 4 is 0 Å². The summed E-state index contributed by atoms with van der Waals surface area (Å²) < 4.78 is 4.73. The molecule has 1 aromatic heterocycles. The Morgan fingerprint density at radius 3 is 2.11 bits per heavy atom. The van der Waals surface area contributed by atoms with Gasteiger partial charge in [-0.15, -0.1) is 0 Å². The molecule has 1 aliphatic heterocycles. The Hall–Kier alpha value is -4.24. The van der Waals surface area contributed by atoms with Crippen molar-refractivity contribution in [1.29, 1.82) is 0 Å². The van der Waals surface area contributed by atoms with Crippen molar-refractivity contribution in [2.24, 2.45) is 0 Å². The Morgan fingerprint density at radius 2 is 1.52 bits per heavy atom. The molecule has 0 N–H and O–H groups in total. The molecule has 44 heavy (non-hydrogen) atoms. The molecule has 0 saturated carbocycles. The fraction of sp³-hybridized carbons (Fsp3) is 0.317. The number of fused-ring (bicyclic) bond motifs is 3. The first-order chi connectivity index (χ1) is 21.0. The molecule has 2 unspecified atom stereocenters. The molecule has 0 fully saturated rings. The van der Waals surface area contributed by atoms with Crippen LogP contribution < -0.4 is 4.57 Å². The van der Waals surface area contributed by atoms with Crippen LogP contribution in [0.2, 0.25) is 0 Å². The molecule has 0 aliphatic carbocycles. The summed E-state index contributed by atoms with van der Waals surface area (Å²) in [4.78, 5) is 0. The highest BCUT2D eigenvalue weighted by atomic mass is 15.4. The summed E-state index contributed by atoms with van der Waals surface area (Å²) in [6.45, 7) is 22.6. The Balaban J connectivity index is 1.77. The molecule has 0 saturated heterocycles. The Labute approximate surface area is 263 Å². The zero-order valence-corrected chi connectivity index (χ0v) is 27.7. The van der Waals surface area contributed by atoms with Crippen molar-refractivity contribution in [1.82, 2.24) is 9.78 Å². The van der Waals surface area contributed by atoms with E-state index in [4.69, 9.17) is 5.10 Å². The fourth-order valence-corrected chi connectivity index (χ4v) is 7.47. The zero-order chi connectivity index (χ0) is 31.4. The van der Waals surface area contributed by atoms with Crippen molar-refractivity contribution in [2.45, 2.75) is 84.6 Å². The number of nitrogens with zero attached hydrogens (tertiary/aromatic N) is 3. The van der Waals surface area contributed by atoms with Gasteiger partial charge in [0.05, 0.1) is 11.1 Å². The minimum absolute atomic E-state index is 0.0678. The lowest BCUT2D eigenvalue weighted by atomic mass is 9.60. The number of hydrogen-bond donors (Lipinski definition) is 0. The Bertz CT molecular complexity index is 1850. The van der Waals surface area contributed by atoms with Crippen LogP contribution in [0, 0.1) is 13.8 Å². The molecule has 2 heterocycles. The summed E-state index contributed by atoms with van der Waals surface area (Å²) >= 11 is 0. The van der Waals surface area contributed by atoms with Crippen molar-refractivity contribution in [2.75, 3.05) is 0 Å². The first kappa shape index (κ1) is 29.8. The van der Waals surface area contributed by atoms with Crippen LogP contribution in [0.5, 0.6) is 0 Å². The van der Waals surface area contributed by atoms with Crippen LogP contribution in [0.4, 0.5) is 0 Å². The van der Waals surface area contributed by atoms with Gasteiger partial charge in [-0.3, -0.25) is 0 Å². The van der Waals surface area contributed by atoms with E-state index in [0.717, 1.165) is 35.7 Å². The molecule has 1 aliphatic rings. The van der Waals surface area contributed by atoms with Gasteiger partial charge in [0.15, 0.2) is 5.54 Å². The maximum absolute atomic E-state index is 5.61. The van der Waals surface area contributed by atoms with Gasteiger partial charge >= 0.3 is 5.82 Å². The number of allylic oxidation sites excluding steroid dienone is 1. The highest BCUT2D eigenvalue weighted by Gasteiger charge is 2.58. The SMILES string of the molecule is C=CC1(CC)n2nc(-c3ccc(C)cc3C)[n+](-c3ccc(C(C)(C)C)cc3)c2-c2cc(-c3ccccc3)ccc2C1(C)CC. The van der Waals surface area contributed by atoms with Crippen LogP contribution in [-0.2, 0) is 16.4 Å². The van der Waals surface area contributed by atoms with Gasteiger partial charge in [0, 0.05) is 10.5 Å². The third-order valence-corrected chi connectivity index (χ3v) is 10.3. The maximum atomic E-state index is 5.61. The van der Waals surface area contributed by atoms with Crippen LogP contribution in [0.3, 0.4) is 0 Å². The second-order valence-corrected chi connectivity index (χ2v) is 13.8. The van der Waals surface area contributed by atoms with Crippen LogP contribution in [0.25, 0.3) is 39.6 Å². The molecule has 3 heteroatoms. The molecule has 5 aromatic rings. The molecule has 0 spiro atoms. The number of aryl methyl sites for hydroxylation is 2. The molecular weight excluding hydrogens is 534 g/mol. The van der Waals surface area contributed by atoms with Gasteiger partial charge in [0.1, 0.15) is 5.69 Å². The molecule has 0 radical (unpaired) electrons. The summed E-state index contributed by atoms with van der Waals surface area (Å²) in [7, 11) is 0. The second-order valence-electron chi connectivity index (χ2n) is 13.8. The van der Waals surface area contributed by atoms with Gasteiger partial charge in [0.2, 0.25) is 0 Å². The predicted molar refractivity (Wildman–Crippen MR) is 184 cm³/mol. The van der Waals surface area contributed by atoms with Gasteiger partial charge in [-0.05, 0) is 90.3 Å². The van der Waals surface area contributed by atoms with Gasteiger partial charge in [-0.2, -0.15) is 4.57 Å². The van der Waals surface area contributed by atoms with Crippen LogP contribution in [0.15, 0.2) is 104 Å². The van der Waals surface area contributed by atoms with E-state index in [1.54, 1.807) is 0 Å². The minimum atomic E-state index is -0.414. The van der Waals surface area contributed by atoms with Gasteiger partial charge in [0.25, 0.3) is 5.82 Å². The lowest BCUT2D eigenvalue weighted by Gasteiger charge is -2.47. The third-order valence-electron chi connectivity index (χ3n) is 10.3. The smallest absolute Gasteiger partial charge is 0.190 e. The highest BCUT2D eigenvalue weighted by Crippen LogP contribution is 2.54. The summed E-state index contributed by atoms with van der Waals surface area (Å²) in [5.74, 6) is 2.06. The average Bonchev–Trinajstić information content (AvgIpc) is 3.42. The molecular formula is C41H46N3+. The molecule has 0 bridgehead atoms. The monoisotopic (exact) mass is 580 g/mol. The van der Waals surface area contributed by atoms with Gasteiger partial charge in [-0.25, -0.2) is 0 Å². The van der Waals surface area contributed by atoms with E-state index < -0.39 is 5.54 Å². The number of rotatable bonds is 6. The second kappa shape index (κ2) is 10.7. The summed E-state index contributed by atoms with van der Waals surface area (Å²) in [5, 5.41) is 5.61. The standard InChI is InChI=1S/C41H46N3/c1-10-40(9)36-25-19-31(30-16-14-13-15-17-30)27-35(36)38-43(33-22-20-32(21-23-33)39(6,7)8)37(34-24-18-28(4)26-29(34)5)42-44(38)41(40,11-2)12-3/h11,13-27H,2,10,12H2,1,3-9H3/q+1. The number of benzene rings is 4. The molecule has 2 atom stereocenters. The van der Waals surface area contributed by atoms with Crippen molar-refractivity contribution < 1.29 is 4.57 Å². The van der Waals surface area contributed by atoms with E-state index in [1.807, 2.05) is 0 Å². The van der Waals surface area contributed by atoms with Crippen LogP contribution in [0.1, 0.15) is 76.6 Å².